The van der Waals surface area contributed by atoms with Crippen molar-refractivity contribution in [2.24, 2.45) is 11.8 Å². The first kappa shape index (κ1) is 13.6. The molecule has 1 atom stereocenters. The van der Waals surface area contributed by atoms with Gasteiger partial charge in [0.1, 0.15) is 18.5 Å². The molecule has 0 N–H and O–H groups in total. The van der Waals surface area contributed by atoms with E-state index < -0.39 is 5.79 Å². The van der Waals surface area contributed by atoms with Crippen molar-refractivity contribution in [1.29, 1.82) is 0 Å². The quantitative estimate of drug-likeness (QED) is 0.775. The van der Waals surface area contributed by atoms with Crippen LogP contribution < -0.4 is 14.2 Å². The van der Waals surface area contributed by atoms with Crippen molar-refractivity contribution in [1.82, 2.24) is 0 Å². The molecule has 0 saturated carbocycles. The minimum absolute atomic E-state index is 0.255. The van der Waals surface area contributed by atoms with Gasteiger partial charge in [0.15, 0.2) is 11.5 Å². The van der Waals surface area contributed by atoms with E-state index in [9.17, 15) is 0 Å². The zero-order valence-electron chi connectivity index (χ0n) is 12.5. The molecule has 1 unspecified atom stereocenters. The Morgan fingerprint density at radius 3 is 2.40 bits per heavy atom. The third kappa shape index (κ3) is 2.33. The highest BCUT2D eigenvalue weighted by atomic mass is 16.7. The fourth-order valence-corrected chi connectivity index (χ4v) is 2.60. The molecule has 4 nitrogen and oxygen atoms in total. The maximum atomic E-state index is 6.15. The van der Waals surface area contributed by atoms with E-state index in [1.807, 2.05) is 18.2 Å². The molecule has 0 amide bonds. The third-order valence-corrected chi connectivity index (χ3v) is 3.90. The molecule has 2 heterocycles. The summed E-state index contributed by atoms with van der Waals surface area (Å²) in [4.78, 5) is 0. The fourth-order valence-electron chi connectivity index (χ4n) is 2.60. The van der Waals surface area contributed by atoms with Crippen LogP contribution in [0.3, 0.4) is 0 Å². The fraction of sp³-hybridized carbons (Fsp3) is 0.625. The van der Waals surface area contributed by atoms with E-state index in [0.29, 0.717) is 6.61 Å². The first-order chi connectivity index (χ1) is 9.51. The Balaban J connectivity index is 1.78. The van der Waals surface area contributed by atoms with Crippen molar-refractivity contribution >= 4 is 0 Å². The Bertz CT molecular complexity index is 483. The van der Waals surface area contributed by atoms with E-state index in [4.69, 9.17) is 18.9 Å². The Morgan fingerprint density at radius 2 is 1.80 bits per heavy atom. The molecule has 2 aliphatic heterocycles. The number of hydrogen-bond acceptors (Lipinski definition) is 4. The monoisotopic (exact) mass is 278 g/mol. The second kappa shape index (κ2) is 4.85. The predicted octanol–water partition coefficient (Wildman–Crippen LogP) is 3.24. The minimum atomic E-state index is -0.583. The van der Waals surface area contributed by atoms with Crippen LogP contribution in [0.5, 0.6) is 17.2 Å². The molecule has 1 aromatic rings. The van der Waals surface area contributed by atoms with Gasteiger partial charge in [0.2, 0.25) is 0 Å². The number of hydrogen-bond donors (Lipinski definition) is 0. The summed E-state index contributed by atoms with van der Waals surface area (Å²) < 4.78 is 23.1. The summed E-state index contributed by atoms with van der Waals surface area (Å²) >= 11 is 0. The normalized spacial score (nSPS) is 22.4. The zero-order chi connectivity index (χ0) is 14.3. The minimum Gasteiger partial charge on any atom is -0.491 e. The smallest absolute Gasteiger partial charge is 0.256 e. The van der Waals surface area contributed by atoms with Gasteiger partial charge in [0.25, 0.3) is 5.79 Å². The topological polar surface area (TPSA) is 40.2 Å². The molecule has 4 heteroatoms. The Hall–Kier alpha value is -1.42. The van der Waals surface area contributed by atoms with Crippen LogP contribution in [-0.2, 0) is 4.74 Å². The average molecular weight is 278 g/mol. The van der Waals surface area contributed by atoms with Gasteiger partial charge in [-0.05, 0) is 12.1 Å². The van der Waals surface area contributed by atoms with Crippen LogP contribution in [0.25, 0.3) is 0 Å². The number of benzene rings is 1. The Kier molecular flexibility index (Phi) is 3.28. The van der Waals surface area contributed by atoms with Crippen molar-refractivity contribution in [3.8, 4) is 17.2 Å². The molecule has 0 bridgehead atoms. The molecular weight excluding hydrogens is 256 g/mol. The van der Waals surface area contributed by atoms with E-state index in [2.05, 4.69) is 27.7 Å². The van der Waals surface area contributed by atoms with E-state index in [1.54, 1.807) is 0 Å². The van der Waals surface area contributed by atoms with Gasteiger partial charge in [0.05, 0.1) is 6.61 Å². The lowest BCUT2D eigenvalue weighted by Gasteiger charge is -2.35. The van der Waals surface area contributed by atoms with Crippen molar-refractivity contribution in [2.45, 2.75) is 39.6 Å². The first-order valence-electron chi connectivity index (χ1n) is 7.27. The molecule has 0 aromatic heterocycles. The van der Waals surface area contributed by atoms with E-state index in [1.165, 1.54) is 0 Å². The molecular formula is C16H22O4. The van der Waals surface area contributed by atoms with E-state index in [0.717, 1.165) is 23.9 Å². The van der Waals surface area contributed by atoms with Crippen molar-refractivity contribution in [3.05, 3.63) is 18.2 Å². The lowest BCUT2D eigenvalue weighted by Crippen LogP contribution is -2.48. The van der Waals surface area contributed by atoms with Crippen LogP contribution in [0.2, 0.25) is 0 Å². The van der Waals surface area contributed by atoms with Gasteiger partial charge in [-0.25, -0.2) is 0 Å². The standard InChI is InChI=1S/C16H22O4/c1-10(2)16(11(3)4)19-14-6-5-12(7-15(14)20-16)17-8-13-9-18-13/h5-7,10-11,13H,8-9H2,1-4H3. The highest BCUT2D eigenvalue weighted by molar-refractivity contribution is 5.48. The molecule has 0 radical (unpaired) electrons. The molecule has 0 aliphatic carbocycles. The van der Waals surface area contributed by atoms with Gasteiger partial charge in [-0.1, -0.05) is 27.7 Å². The Morgan fingerprint density at radius 1 is 1.15 bits per heavy atom. The number of epoxide rings is 1. The van der Waals surface area contributed by atoms with Crippen LogP contribution >= 0.6 is 0 Å². The van der Waals surface area contributed by atoms with Crippen molar-refractivity contribution < 1.29 is 18.9 Å². The average Bonchev–Trinajstić information content (AvgIpc) is 3.13. The highest BCUT2D eigenvalue weighted by Crippen LogP contribution is 2.47. The van der Waals surface area contributed by atoms with Crippen LogP contribution in [0, 0.1) is 11.8 Å². The molecule has 2 aliphatic rings. The number of fused-ring (bicyclic) bond motifs is 1. The van der Waals surface area contributed by atoms with Gasteiger partial charge < -0.3 is 18.9 Å². The molecule has 1 saturated heterocycles. The second-order valence-electron chi connectivity index (χ2n) is 6.11. The SMILES string of the molecule is CC(C)C1(C(C)C)Oc2ccc(OCC3CO3)cc2O1. The van der Waals surface area contributed by atoms with Crippen LogP contribution in [0.4, 0.5) is 0 Å². The molecule has 0 spiro atoms. The van der Waals surface area contributed by atoms with Crippen LogP contribution in [0.15, 0.2) is 18.2 Å². The highest BCUT2D eigenvalue weighted by Gasteiger charge is 2.47. The lowest BCUT2D eigenvalue weighted by molar-refractivity contribution is -0.150. The number of ether oxygens (including phenoxy) is 4. The molecule has 110 valence electrons. The van der Waals surface area contributed by atoms with E-state index in [-0.39, 0.29) is 17.9 Å². The summed E-state index contributed by atoms with van der Waals surface area (Å²) in [7, 11) is 0. The van der Waals surface area contributed by atoms with Crippen LogP contribution in [0.1, 0.15) is 27.7 Å². The summed E-state index contributed by atoms with van der Waals surface area (Å²) in [6, 6.07) is 5.75. The van der Waals surface area contributed by atoms with E-state index >= 15 is 0 Å². The Labute approximate surface area is 120 Å². The maximum Gasteiger partial charge on any atom is 0.256 e. The zero-order valence-corrected chi connectivity index (χ0v) is 12.5. The van der Waals surface area contributed by atoms with Gasteiger partial charge in [-0.3, -0.25) is 0 Å². The maximum absolute atomic E-state index is 6.15. The number of rotatable bonds is 5. The largest absolute Gasteiger partial charge is 0.491 e. The summed E-state index contributed by atoms with van der Waals surface area (Å²) in [5, 5.41) is 0. The van der Waals surface area contributed by atoms with Crippen molar-refractivity contribution in [3.63, 3.8) is 0 Å². The molecule has 1 aromatic carbocycles. The van der Waals surface area contributed by atoms with Gasteiger partial charge in [-0.2, -0.15) is 0 Å². The summed E-state index contributed by atoms with van der Waals surface area (Å²) in [6.45, 7) is 9.87. The molecule has 20 heavy (non-hydrogen) atoms. The van der Waals surface area contributed by atoms with Gasteiger partial charge in [-0.15, -0.1) is 0 Å². The summed E-state index contributed by atoms with van der Waals surface area (Å²) in [5.41, 5.74) is 0. The predicted molar refractivity (Wildman–Crippen MR) is 75.3 cm³/mol. The van der Waals surface area contributed by atoms with Gasteiger partial charge >= 0.3 is 0 Å². The first-order valence-corrected chi connectivity index (χ1v) is 7.27. The third-order valence-electron chi connectivity index (χ3n) is 3.90. The van der Waals surface area contributed by atoms with Crippen molar-refractivity contribution in [2.75, 3.05) is 13.2 Å². The lowest BCUT2D eigenvalue weighted by atomic mass is 9.91. The second-order valence-corrected chi connectivity index (χ2v) is 6.11. The molecule has 3 rings (SSSR count). The summed E-state index contributed by atoms with van der Waals surface area (Å²) in [5.74, 6) is 2.30. The van der Waals surface area contributed by atoms with Crippen LogP contribution in [-0.4, -0.2) is 25.1 Å². The molecule has 1 fully saturated rings. The summed E-state index contributed by atoms with van der Waals surface area (Å²) in [6.07, 6.45) is 0.255. The van der Waals surface area contributed by atoms with Gasteiger partial charge in [0, 0.05) is 17.9 Å².